The maximum Gasteiger partial charge on any atom is 0.277 e. The van der Waals surface area contributed by atoms with Gasteiger partial charge in [0.1, 0.15) is 17.5 Å². The van der Waals surface area contributed by atoms with Crippen LogP contribution < -0.4 is 5.32 Å². The molecule has 0 spiro atoms. The summed E-state index contributed by atoms with van der Waals surface area (Å²) in [5.41, 5.74) is 0.943. The summed E-state index contributed by atoms with van der Waals surface area (Å²) in [6.45, 7) is 0.684. The van der Waals surface area contributed by atoms with Crippen molar-refractivity contribution in [3.05, 3.63) is 81.7 Å². The predicted molar refractivity (Wildman–Crippen MR) is 108 cm³/mol. The third-order valence-electron chi connectivity index (χ3n) is 3.95. The van der Waals surface area contributed by atoms with Crippen molar-refractivity contribution in [3.8, 4) is 0 Å². The largest absolute Gasteiger partial charge is 0.302 e. The fraction of sp³-hybridized carbons (Fsp3) is 0.111. The molecule has 1 amide bonds. The van der Waals surface area contributed by atoms with Crippen LogP contribution in [0.15, 0.2) is 59.6 Å². The fourth-order valence-corrected chi connectivity index (χ4v) is 3.21. The van der Waals surface area contributed by atoms with Crippen LogP contribution >= 0.6 is 27.5 Å². The first-order valence-electron chi connectivity index (χ1n) is 8.46. The summed E-state index contributed by atoms with van der Waals surface area (Å²) in [5.74, 6) is -0.561. The van der Waals surface area contributed by atoms with Crippen LogP contribution in [0, 0.1) is 5.82 Å². The van der Waals surface area contributed by atoms with E-state index in [0.717, 1.165) is 10.0 Å². The Balaban J connectivity index is 1.42. The van der Waals surface area contributed by atoms with E-state index in [-0.39, 0.29) is 22.4 Å². The Morgan fingerprint density at radius 2 is 2.03 bits per heavy atom. The third kappa shape index (κ3) is 4.72. The van der Waals surface area contributed by atoms with E-state index in [1.165, 1.54) is 16.8 Å². The molecule has 0 aliphatic rings. The molecular weight excluding hydrogens is 465 g/mol. The maximum atomic E-state index is 13.3. The summed E-state index contributed by atoms with van der Waals surface area (Å²) in [6, 6.07) is 7.78. The minimum atomic E-state index is -0.441. The molecular formula is C18H14BrClFN7O. The Bertz CT molecular complexity index is 1170. The maximum absolute atomic E-state index is 13.3. The molecule has 0 fully saturated rings. The molecule has 0 aliphatic carbocycles. The number of aromatic nitrogens is 6. The molecule has 0 aliphatic heterocycles. The van der Waals surface area contributed by atoms with E-state index in [9.17, 15) is 9.18 Å². The van der Waals surface area contributed by atoms with Crippen LogP contribution in [-0.2, 0) is 13.2 Å². The zero-order chi connectivity index (χ0) is 20.4. The predicted octanol–water partition coefficient (Wildman–Crippen LogP) is 3.64. The minimum absolute atomic E-state index is 0.207. The second-order valence-corrected chi connectivity index (χ2v) is 7.51. The number of amides is 1. The zero-order valence-corrected chi connectivity index (χ0v) is 17.2. The molecule has 11 heteroatoms. The van der Waals surface area contributed by atoms with E-state index in [4.69, 9.17) is 11.6 Å². The van der Waals surface area contributed by atoms with Crippen LogP contribution in [0.4, 0.5) is 10.2 Å². The molecule has 8 nitrogen and oxygen atoms in total. The lowest BCUT2D eigenvalue weighted by molar-refractivity contribution is 0.102. The Morgan fingerprint density at radius 3 is 2.79 bits per heavy atom. The normalized spacial score (nSPS) is 11.0. The summed E-state index contributed by atoms with van der Waals surface area (Å²) >= 11 is 9.50. The SMILES string of the molecule is O=C(Nc1nn(Cc2cccc(F)c2)cc1Cl)c1ccn(Cn2cc(Br)cn2)n1. The van der Waals surface area contributed by atoms with Crippen molar-refractivity contribution in [2.45, 2.75) is 13.2 Å². The monoisotopic (exact) mass is 477 g/mol. The van der Waals surface area contributed by atoms with Crippen molar-refractivity contribution in [3.63, 3.8) is 0 Å². The zero-order valence-electron chi connectivity index (χ0n) is 14.8. The number of carbonyl (C=O) groups excluding carboxylic acids is 1. The first-order chi connectivity index (χ1) is 14.0. The van der Waals surface area contributed by atoms with E-state index in [1.807, 2.05) is 0 Å². The van der Waals surface area contributed by atoms with Gasteiger partial charge in [0.05, 0.1) is 17.2 Å². The van der Waals surface area contributed by atoms with Crippen LogP contribution in [0.2, 0.25) is 5.02 Å². The molecule has 0 saturated heterocycles. The number of nitrogens with zero attached hydrogens (tertiary/aromatic N) is 6. The smallest absolute Gasteiger partial charge is 0.277 e. The minimum Gasteiger partial charge on any atom is -0.302 e. The lowest BCUT2D eigenvalue weighted by Gasteiger charge is -2.03. The molecule has 0 radical (unpaired) electrons. The first kappa shape index (κ1) is 19.3. The number of benzene rings is 1. The van der Waals surface area contributed by atoms with Crippen LogP contribution in [0.3, 0.4) is 0 Å². The molecule has 4 aromatic rings. The van der Waals surface area contributed by atoms with Gasteiger partial charge in [-0.15, -0.1) is 0 Å². The van der Waals surface area contributed by atoms with E-state index < -0.39 is 5.91 Å². The molecule has 0 atom stereocenters. The van der Waals surface area contributed by atoms with Gasteiger partial charge in [0, 0.05) is 18.6 Å². The Morgan fingerprint density at radius 1 is 1.17 bits per heavy atom. The van der Waals surface area contributed by atoms with Crippen molar-refractivity contribution < 1.29 is 9.18 Å². The number of halogens is 3. The molecule has 0 bridgehead atoms. The van der Waals surface area contributed by atoms with Crippen molar-refractivity contribution in [2.75, 3.05) is 5.32 Å². The number of carbonyl (C=O) groups is 1. The molecule has 29 heavy (non-hydrogen) atoms. The van der Waals surface area contributed by atoms with Gasteiger partial charge in [-0.2, -0.15) is 15.3 Å². The summed E-state index contributed by atoms with van der Waals surface area (Å²) in [6.07, 6.45) is 6.70. The van der Waals surface area contributed by atoms with Crippen LogP contribution in [0.1, 0.15) is 16.1 Å². The molecule has 1 N–H and O–H groups in total. The number of rotatable bonds is 6. The van der Waals surface area contributed by atoms with Gasteiger partial charge in [-0.25, -0.2) is 9.07 Å². The van der Waals surface area contributed by atoms with Gasteiger partial charge in [0.2, 0.25) is 0 Å². The van der Waals surface area contributed by atoms with Crippen molar-refractivity contribution in [2.24, 2.45) is 0 Å². The summed E-state index contributed by atoms with van der Waals surface area (Å²) in [5, 5.41) is 15.5. The van der Waals surface area contributed by atoms with Crippen LogP contribution in [0.5, 0.6) is 0 Å². The second-order valence-electron chi connectivity index (χ2n) is 6.19. The van der Waals surface area contributed by atoms with Crippen molar-refractivity contribution >= 4 is 39.3 Å². The highest BCUT2D eigenvalue weighted by Crippen LogP contribution is 2.21. The third-order valence-corrected chi connectivity index (χ3v) is 4.63. The van der Waals surface area contributed by atoms with E-state index in [1.54, 1.807) is 52.4 Å². The molecule has 148 valence electrons. The Kier molecular flexibility index (Phi) is 5.45. The lowest BCUT2D eigenvalue weighted by atomic mass is 10.2. The summed E-state index contributed by atoms with van der Waals surface area (Å²) in [7, 11) is 0. The highest BCUT2D eigenvalue weighted by Gasteiger charge is 2.15. The standard InChI is InChI=1S/C18H14BrClFN7O/c19-13-7-22-28(9-13)11-26-5-4-16(24-26)18(29)23-17-15(20)10-27(25-17)8-12-2-1-3-14(21)6-12/h1-7,9-10H,8,11H2,(H,23,25,29). The van der Waals surface area contributed by atoms with Crippen molar-refractivity contribution in [1.82, 2.24) is 29.3 Å². The Hall–Kier alpha value is -2.98. The Labute approximate surface area is 178 Å². The molecule has 0 unspecified atom stereocenters. The van der Waals surface area contributed by atoms with Gasteiger partial charge in [0.25, 0.3) is 5.91 Å². The van der Waals surface area contributed by atoms with Gasteiger partial charge < -0.3 is 5.32 Å². The van der Waals surface area contributed by atoms with Crippen LogP contribution in [-0.4, -0.2) is 35.2 Å². The summed E-state index contributed by atoms with van der Waals surface area (Å²) in [4.78, 5) is 12.5. The van der Waals surface area contributed by atoms with Gasteiger partial charge in [-0.3, -0.25) is 14.2 Å². The highest BCUT2D eigenvalue weighted by atomic mass is 79.9. The fourth-order valence-electron chi connectivity index (χ4n) is 2.68. The first-order valence-corrected chi connectivity index (χ1v) is 9.63. The second kappa shape index (κ2) is 8.18. The van der Waals surface area contributed by atoms with Crippen molar-refractivity contribution in [1.29, 1.82) is 0 Å². The van der Waals surface area contributed by atoms with Gasteiger partial charge in [-0.1, -0.05) is 23.7 Å². The van der Waals surface area contributed by atoms with E-state index in [2.05, 4.69) is 36.5 Å². The molecule has 3 heterocycles. The van der Waals surface area contributed by atoms with E-state index in [0.29, 0.717) is 13.2 Å². The van der Waals surface area contributed by atoms with Gasteiger partial charge in [0.15, 0.2) is 11.5 Å². The molecule has 3 aromatic heterocycles. The quantitative estimate of drug-likeness (QED) is 0.459. The van der Waals surface area contributed by atoms with Gasteiger partial charge in [-0.05, 0) is 39.7 Å². The number of hydrogen-bond donors (Lipinski definition) is 1. The van der Waals surface area contributed by atoms with Crippen LogP contribution in [0.25, 0.3) is 0 Å². The number of hydrogen-bond acceptors (Lipinski definition) is 4. The summed E-state index contributed by atoms with van der Waals surface area (Å²) < 4.78 is 19.0. The lowest BCUT2D eigenvalue weighted by Crippen LogP contribution is -2.15. The number of anilines is 1. The van der Waals surface area contributed by atoms with E-state index >= 15 is 0 Å². The average molecular weight is 479 g/mol. The number of nitrogens with one attached hydrogen (secondary N) is 1. The highest BCUT2D eigenvalue weighted by molar-refractivity contribution is 9.10. The molecule has 4 rings (SSSR count). The topological polar surface area (TPSA) is 82.6 Å². The molecule has 0 saturated carbocycles. The van der Waals surface area contributed by atoms with Gasteiger partial charge >= 0.3 is 0 Å². The molecule has 1 aromatic carbocycles. The average Bonchev–Trinajstić information content (AvgIpc) is 3.37.